The van der Waals surface area contributed by atoms with Gasteiger partial charge in [0.2, 0.25) is 5.91 Å². The van der Waals surface area contributed by atoms with Crippen LogP contribution < -0.4 is 10.2 Å². The maximum Gasteiger partial charge on any atom is 0.250 e. The Kier molecular flexibility index (Phi) is 7.75. The molecular formula is C26H22BrN3O2S. The van der Waals surface area contributed by atoms with Crippen molar-refractivity contribution in [2.24, 2.45) is 5.10 Å². The molecule has 1 aromatic heterocycles. The topological polar surface area (TPSA) is 63.6 Å². The smallest absolute Gasteiger partial charge is 0.250 e. The number of rotatable bonds is 8. The fraction of sp³-hybridized carbons (Fsp3) is 0.115. The van der Waals surface area contributed by atoms with E-state index in [2.05, 4.69) is 31.4 Å². The molecule has 0 spiro atoms. The van der Waals surface area contributed by atoms with Gasteiger partial charge in [0.25, 0.3) is 0 Å². The number of aryl methyl sites for hydroxylation is 1. The molecule has 0 bridgehead atoms. The van der Waals surface area contributed by atoms with E-state index in [1.165, 1.54) is 11.8 Å². The summed E-state index contributed by atoms with van der Waals surface area (Å²) in [6.07, 6.45) is 1.60. The molecule has 166 valence electrons. The quantitative estimate of drug-likeness (QED) is 0.173. The van der Waals surface area contributed by atoms with Gasteiger partial charge in [0, 0.05) is 26.0 Å². The summed E-state index contributed by atoms with van der Waals surface area (Å²) in [5.74, 6) is 0.779. The molecule has 7 heteroatoms. The lowest BCUT2D eigenvalue weighted by atomic mass is 10.2. The molecule has 0 saturated heterocycles. The van der Waals surface area contributed by atoms with Crippen LogP contribution in [-0.2, 0) is 11.4 Å². The van der Waals surface area contributed by atoms with E-state index in [1.54, 1.807) is 6.21 Å². The molecule has 0 aliphatic rings. The Hall–Kier alpha value is -3.16. The molecule has 4 rings (SSSR count). The fourth-order valence-corrected chi connectivity index (χ4v) is 4.40. The zero-order chi connectivity index (χ0) is 23.0. The van der Waals surface area contributed by atoms with Crippen LogP contribution in [0, 0.1) is 6.92 Å². The number of para-hydroxylation sites is 2. The number of halogens is 1. The summed E-state index contributed by atoms with van der Waals surface area (Å²) in [6.45, 7) is 2.40. The molecular weight excluding hydrogens is 498 g/mol. The first-order valence-corrected chi connectivity index (χ1v) is 12.1. The second-order valence-electron chi connectivity index (χ2n) is 7.31. The van der Waals surface area contributed by atoms with Gasteiger partial charge in [0.1, 0.15) is 12.4 Å². The molecule has 5 nitrogen and oxygen atoms in total. The largest absolute Gasteiger partial charge is 0.488 e. The van der Waals surface area contributed by atoms with Crippen molar-refractivity contribution < 1.29 is 9.53 Å². The van der Waals surface area contributed by atoms with Crippen LogP contribution in [0.4, 0.5) is 0 Å². The molecule has 1 N–H and O–H groups in total. The molecule has 0 unspecified atom stereocenters. The molecule has 1 heterocycles. The predicted molar refractivity (Wildman–Crippen MR) is 138 cm³/mol. The van der Waals surface area contributed by atoms with Crippen LogP contribution in [0.25, 0.3) is 10.9 Å². The minimum atomic E-state index is -0.178. The number of ether oxygens (including phenoxy) is 1. The third-order valence-corrected chi connectivity index (χ3v) is 6.37. The lowest BCUT2D eigenvalue weighted by Crippen LogP contribution is -2.19. The number of pyridine rings is 1. The normalized spacial score (nSPS) is 11.1. The maximum atomic E-state index is 12.4. The van der Waals surface area contributed by atoms with E-state index in [4.69, 9.17) is 4.74 Å². The number of hydrogen-bond acceptors (Lipinski definition) is 5. The summed E-state index contributed by atoms with van der Waals surface area (Å²) in [5.41, 5.74) is 6.31. The summed E-state index contributed by atoms with van der Waals surface area (Å²) < 4.78 is 6.98. The van der Waals surface area contributed by atoms with Gasteiger partial charge in [0.05, 0.1) is 17.5 Å². The van der Waals surface area contributed by atoms with Crippen molar-refractivity contribution in [3.8, 4) is 5.75 Å². The molecule has 0 aliphatic carbocycles. The molecule has 0 saturated carbocycles. The van der Waals surface area contributed by atoms with E-state index in [0.29, 0.717) is 12.4 Å². The minimum Gasteiger partial charge on any atom is -0.488 e. The number of hydrazone groups is 1. The van der Waals surface area contributed by atoms with Crippen molar-refractivity contribution in [2.45, 2.75) is 18.4 Å². The zero-order valence-electron chi connectivity index (χ0n) is 18.0. The van der Waals surface area contributed by atoms with E-state index in [1.807, 2.05) is 85.8 Å². The van der Waals surface area contributed by atoms with E-state index in [0.717, 1.165) is 37.1 Å². The molecule has 0 aliphatic heterocycles. The van der Waals surface area contributed by atoms with Crippen molar-refractivity contribution >= 4 is 50.7 Å². The van der Waals surface area contributed by atoms with E-state index >= 15 is 0 Å². The highest BCUT2D eigenvalue weighted by molar-refractivity contribution is 9.10. The van der Waals surface area contributed by atoms with Crippen LogP contribution in [-0.4, -0.2) is 22.9 Å². The number of benzene rings is 3. The Morgan fingerprint density at radius 3 is 2.70 bits per heavy atom. The molecule has 3 aromatic carbocycles. The van der Waals surface area contributed by atoms with Gasteiger partial charge in [-0.3, -0.25) is 9.78 Å². The molecule has 33 heavy (non-hydrogen) atoms. The summed E-state index contributed by atoms with van der Waals surface area (Å²) >= 11 is 4.91. The Labute approximate surface area is 205 Å². The molecule has 4 aromatic rings. The first-order chi connectivity index (χ1) is 16.1. The van der Waals surface area contributed by atoms with Gasteiger partial charge >= 0.3 is 0 Å². The van der Waals surface area contributed by atoms with Crippen LogP contribution in [0.3, 0.4) is 0 Å². The first-order valence-electron chi connectivity index (χ1n) is 10.4. The van der Waals surface area contributed by atoms with Crippen molar-refractivity contribution in [1.82, 2.24) is 10.4 Å². The molecule has 0 fully saturated rings. The number of aromatic nitrogens is 1. The van der Waals surface area contributed by atoms with Crippen molar-refractivity contribution in [3.63, 3.8) is 0 Å². The summed E-state index contributed by atoms with van der Waals surface area (Å²) in [6, 6.07) is 25.5. The average Bonchev–Trinajstić information content (AvgIpc) is 2.83. The highest BCUT2D eigenvalue weighted by atomic mass is 79.9. The predicted octanol–water partition coefficient (Wildman–Crippen LogP) is 6.13. The summed E-state index contributed by atoms with van der Waals surface area (Å²) in [7, 11) is 0. The van der Waals surface area contributed by atoms with Gasteiger partial charge in [-0.1, -0.05) is 58.4 Å². The van der Waals surface area contributed by atoms with Crippen LogP contribution in [0.2, 0.25) is 0 Å². The lowest BCUT2D eigenvalue weighted by molar-refractivity contribution is -0.118. The van der Waals surface area contributed by atoms with Gasteiger partial charge in [-0.05, 0) is 48.9 Å². The number of fused-ring (bicyclic) bond motifs is 1. The van der Waals surface area contributed by atoms with Gasteiger partial charge in [0.15, 0.2) is 0 Å². The standard InChI is InChI=1S/C26H22BrN3O2S/c1-18-14-25(22-7-3-4-8-23(22)29-18)33-17-26(31)30-28-15-20-6-2-5-9-24(20)32-16-19-10-12-21(27)13-11-19/h2-15H,16-17H2,1H3,(H,30,31)/b28-15-. The van der Waals surface area contributed by atoms with Gasteiger partial charge in [-0.2, -0.15) is 5.10 Å². The van der Waals surface area contributed by atoms with Gasteiger partial charge in [-0.25, -0.2) is 5.43 Å². The molecule has 0 atom stereocenters. The number of carbonyl (C=O) groups is 1. The highest BCUT2D eigenvalue weighted by Gasteiger charge is 2.08. The van der Waals surface area contributed by atoms with Crippen molar-refractivity contribution in [2.75, 3.05) is 5.75 Å². The number of thioether (sulfide) groups is 1. The maximum absolute atomic E-state index is 12.4. The van der Waals surface area contributed by atoms with Crippen molar-refractivity contribution in [1.29, 1.82) is 0 Å². The summed E-state index contributed by atoms with van der Waals surface area (Å²) in [5, 5.41) is 5.17. The number of amides is 1. The van der Waals surface area contributed by atoms with Crippen LogP contribution >= 0.6 is 27.7 Å². The second kappa shape index (κ2) is 11.1. The number of nitrogens with zero attached hydrogens (tertiary/aromatic N) is 2. The number of carbonyl (C=O) groups excluding carboxylic acids is 1. The SMILES string of the molecule is Cc1cc(SCC(=O)N/N=C\c2ccccc2OCc2ccc(Br)cc2)c2ccccc2n1. The Balaban J connectivity index is 1.34. The monoisotopic (exact) mass is 519 g/mol. The van der Waals surface area contributed by atoms with Gasteiger partial charge < -0.3 is 4.74 Å². The first kappa shape index (κ1) is 23.0. The van der Waals surface area contributed by atoms with Crippen LogP contribution in [0.5, 0.6) is 5.75 Å². The zero-order valence-corrected chi connectivity index (χ0v) is 20.4. The third-order valence-electron chi connectivity index (χ3n) is 4.78. The van der Waals surface area contributed by atoms with Crippen LogP contribution in [0.15, 0.2) is 93.3 Å². The summed E-state index contributed by atoms with van der Waals surface area (Å²) in [4.78, 5) is 17.9. The van der Waals surface area contributed by atoms with Crippen molar-refractivity contribution in [3.05, 3.63) is 100 Å². The van der Waals surface area contributed by atoms with Crippen LogP contribution in [0.1, 0.15) is 16.8 Å². The third kappa shape index (κ3) is 6.43. The Bertz CT molecular complexity index is 1290. The molecule has 1 amide bonds. The second-order valence-corrected chi connectivity index (χ2v) is 9.25. The van der Waals surface area contributed by atoms with E-state index in [-0.39, 0.29) is 11.7 Å². The minimum absolute atomic E-state index is 0.178. The highest BCUT2D eigenvalue weighted by Crippen LogP contribution is 2.27. The lowest BCUT2D eigenvalue weighted by Gasteiger charge is -2.09. The Morgan fingerprint density at radius 1 is 1.09 bits per heavy atom. The average molecular weight is 520 g/mol. The Morgan fingerprint density at radius 2 is 1.85 bits per heavy atom. The number of hydrogen-bond donors (Lipinski definition) is 1. The fourth-order valence-electron chi connectivity index (χ4n) is 3.20. The number of nitrogens with one attached hydrogen (secondary N) is 1. The van der Waals surface area contributed by atoms with E-state index < -0.39 is 0 Å². The van der Waals surface area contributed by atoms with Gasteiger partial charge in [-0.15, -0.1) is 11.8 Å². The molecule has 0 radical (unpaired) electrons. The van der Waals surface area contributed by atoms with E-state index in [9.17, 15) is 4.79 Å².